The molecular weight excluding hydrogens is 328 g/mol. The fourth-order valence-electron chi connectivity index (χ4n) is 3.16. The lowest BCUT2D eigenvalue weighted by molar-refractivity contribution is 0.303. The number of nitrogens with one attached hydrogen (secondary N) is 2. The summed E-state index contributed by atoms with van der Waals surface area (Å²) in [4.78, 5) is 13.3. The Morgan fingerprint density at radius 3 is 2.81 bits per heavy atom. The van der Waals surface area contributed by atoms with Gasteiger partial charge in [-0.15, -0.1) is 0 Å². The van der Waals surface area contributed by atoms with E-state index < -0.39 is 0 Å². The Balaban J connectivity index is 1.57. The standard InChI is InChI=1S/C19H22N6O/c1-13-6-9-21-18(22-13)23-15-5-3-4-14(12-15)16-24-17(25-26-16)19(2)7-10-20-11-8-19/h3-6,9,12,20H,7-8,10-11H2,1-2H3,(H,21,22,23). The maximum Gasteiger partial charge on any atom is 0.258 e. The molecule has 26 heavy (non-hydrogen) atoms. The number of aryl methyl sites for hydroxylation is 1. The third kappa shape index (κ3) is 3.43. The number of nitrogens with zero attached hydrogens (tertiary/aromatic N) is 4. The highest BCUT2D eigenvalue weighted by Gasteiger charge is 2.33. The monoisotopic (exact) mass is 350 g/mol. The number of rotatable bonds is 4. The molecule has 0 atom stereocenters. The predicted octanol–water partition coefficient (Wildman–Crippen LogP) is 3.22. The van der Waals surface area contributed by atoms with E-state index in [2.05, 4.69) is 37.7 Å². The number of aromatic nitrogens is 4. The van der Waals surface area contributed by atoms with Crippen LogP contribution < -0.4 is 10.6 Å². The molecule has 0 aliphatic carbocycles. The van der Waals surface area contributed by atoms with E-state index in [9.17, 15) is 0 Å². The first-order valence-electron chi connectivity index (χ1n) is 8.84. The van der Waals surface area contributed by atoms with Crippen molar-refractivity contribution < 1.29 is 4.52 Å². The summed E-state index contributed by atoms with van der Waals surface area (Å²) in [6.45, 7) is 6.10. The predicted molar refractivity (Wildman–Crippen MR) is 99.2 cm³/mol. The Morgan fingerprint density at radius 1 is 1.15 bits per heavy atom. The minimum absolute atomic E-state index is 0.0295. The lowest BCUT2D eigenvalue weighted by atomic mass is 9.80. The lowest BCUT2D eigenvalue weighted by Crippen LogP contribution is -2.38. The molecule has 1 aliphatic rings. The molecule has 2 N–H and O–H groups in total. The van der Waals surface area contributed by atoms with Gasteiger partial charge in [-0.2, -0.15) is 4.98 Å². The Morgan fingerprint density at radius 2 is 2.00 bits per heavy atom. The summed E-state index contributed by atoms with van der Waals surface area (Å²) < 4.78 is 5.55. The molecule has 3 aromatic rings. The average Bonchev–Trinajstić information content (AvgIpc) is 3.14. The zero-order valence-corrected chi connectivity index (χ0v) is 15.0. The molecule has 1 aliphatic heterocycles. The van der Waals surface area contributed by atoms with Gasteiger partial charge in [0.1, 0.15) is 0 Å². The van der Waals surface area contributed by atoms with Crippen molar-refractivity contribution in [2.24, 2.45) is 0 Å². The summed E-state index contributed by atoms with van der Waals surface area (Å²) in [6, 6.07) is 9.70. The molecule has 0 amide bonds. The first-order chi connectivity index (χ1) is 12.6. The van der Waals surface area contributed by atoms with Crippen LogP contribution in [0.3, 0.4) is 0 Å². The molecule has 0 spiro atoms. The van der Waals surface area contributed by atoms with E-state index in [4.69, 9.17) is 4.52 Å². The average molecular weight is 350 g/mol. The number of hydrogen-bond acceptors (Lipinski definition) is 7. The van der Waals surface area contributed by atoms with Crippen molar-refractivity contribution in [3.8, 4) is 11.5 Å². The van der Waals surface area contributed by atoms with Crippen LogP contribution in [0.2, 0.25) is 0 Å². The van der Waals surface area contributed by atoms with Crippen molar-refractivity contribution in [2.75, 3.05) is 18.4 Å². The first-order valence-corrected chi connectivity index (χ1v) is 8.84. The van der Waals surface area contributed by atoms with Gasteiger partial charge in [-0.1, -0.05) is 18.1 Å². The topological polar surface area (TPSA) is 88.8 Å². The maximum absolute atomic E-state index is 5.55. The highest BCUT2D eigenvalue weighted by molar-refractivity contribution is 5.64. The minimum atomic E-state index is -0.0295. The Hall–Kier alpha value is -2.80. The number of benzene rings is 1. The van der Waals surface area contributed by atoms with Crippen molar-refractivity contribution in [3.63, 3.8) is 0 Å². The summed E-state index contributed by atoms with van der Waals surface area (Å²) in [5.74, 6) is 1.89. The second-order valence-electron chi connectivity index (χ2n) is 6.96. The van der Waals surface area contributed by atoms with E-state index in [-0.39, 0.29) is 5.41 Å². The van der Waals surface area contributed by atoms with E-state index in [0.717, 1.165) is 48.7 Å². The summed E-state index contributed by atoms with van der Waals surface area (Å²) in [5.41, 5.74) is 2.63. The van der Waals surface area contributed by atoms with Crippen LogP contribution in [-0.4, -0.2) is 33.2 Å². The van der Waals surface area contributed by atoms with Crippen molar-refractivity contribution in [1.82, 2.24) is 25.4 Å². The fraction of sp³-hybridized carbons (Fsp3) is 0.368. The van der Waals surface area contributed by atoms with Crippen LogP contribution in [0.1, 0.15) is 31.3 Å². The molecule has 4 rings (SSSR count). The van der Waals surface area contributed by atoms with Gasteiger partial charge in [0.25, 0.3) is 5.89 Å². The van der Waals surface area contributed by atoms with Crippen LogP contribution in [0.5, 0.6) is 0 Å². The molecule has 134 valence electrons. The molecule has 0 unspecified atom stereocenters. The number of anilines is 2. The van der Waals surface area contributed by atoms with E-state index in [1.54, 1.807) is 6.20 Å². The lowest BCUT2D eigenvalue weighted by Gasteiger charge is -2.30. The molecule has 0 saturated carbocycles. The van der Waals surface area contributed by atoms with Crippen LogP contribution in [0.4, 0.5) is 11.6 Å². The highest BCUT2D eigenvalue weighted by atomic mass is 16.5. The van der Waals surface area contributed by atoms with Crippen molar-refractivity contribution in [1.29, 1.82) is 0 Å². The van der Waals surface area contributed by atoms with Gasteiger partial charge in [0.05, 0.1) is 0 Å². The van der Waals surface area contributed by atoms with Gasteiger partial charge in [0, 0.05) is 28.6 Å². The van der Waals surface area contributed by atoms with Gasteiger partial charge in [-0.3, -0.25) is 0 Å². The van der Waals surface area contributed by atoms with Gasteiger partial charge in [0.2, 0.25) is 5.95 Å². The SMILES string of the molecule is Cc1ccnc(Nc2cccc(-c3nc(C4(C)CCNCC4)no3)c2)n1. The molecule has 1 saturated heterocycles. The van der Waals surface area contributed by atoms with Gasteiger partial charge < -0.3 is 15.2 Å². The molecule has 3 heterocycles. The van der Waals surface area contributed by atoms with Crippen LogP contribution in [-0.2, 0) is 5.41 Å². The Kier molecular flexibility index (Phi) is 4.38. The first kappa shape index (κ1) is 16.7. The molecule has 1 aromatic carbocycles. The number of hydrogen-bond donors (Lipinski definition) is 2. The van der Waals surface area contributed by atoms with Crippen LogP contribution in [0.25, 0.3) is 11.5 Å². The quantitative estimate of drug-likeness (QED) is 0.747. The second-order valence-corrected chi connectivity index (χ2v) is 6.96. The Bertz CT molecular complexity index is 900. The largest absolute Gasteiger partial charge is 0.334 e. The van der Waals surface area contributed by atoms with Crippen LogP contribution >= 0.6 is 0 Å². The van der Waals surface area contributed by atoms with Crippen molar-refractivity contribution in [3.05, 3.63) is 48.0 Å². The highest BCUT2D eigenvalue weighted by Crippen LogP contribution is 2.32. The molecule has 7 heteroatoms. The van der Waals surface area contributed by atoms with Crippen LogP contribution in [0.15, 0.2) is 41.1 Å². The van der Waals surface area contributed by atoms with Crippen LogP contribution in [0, 0.1) is 6.92 Å². The molecule has 0 radical (unpaired) electrons. The fourth-order valence-corrected chi connectivity index (χ4v) is 3.16. The van der Waals surface area contributed by atoms with Crippen molar-refractivity contribution >= 4 is 11.6 Å². The van der Waals surface area contributed by atoms with E-state index in [1.807, 2.05) is 37.3 Å². The maximum atomic E-state index is 5.55. The molecular formula is C19H22N6O. The molecule has 0 bridgehead atoms. The molecule has 7 nitrogen and oxygen atoms in total. The van der Waals surface area contributed by atoms with Gasteiger partial charge in [-0.05, 0) is 57.1 Å². The zero-order chi connectivity index (χ0) is 18.0. The number of piperidine rings is 1. The van der Waals surface area contributed by atoms with E-state index in [1.165, 1.54) is 0 Å². The van der Waals surface area contributed by atoms with Crippen molar-refractivity contribution in [2.45, 2.75) is 32.1 Å². The molecule has 2 aromatic heterocycles. The third-order valence-corrected chi connectivity index (χ3v) is 4.83. The van der Waals surface area contributed by atoms with Gasteiger partial charge in [0.15, 0.2) is 5.82 Å². The minimum Gasteiger partial charge on any atom is -0.334 e. The normalized spacial score (nSPS) is 16.4. The summed E-state index contributed by atoms with van der Waals surface area (Å²) >= 11 is 0. The second kappa shape index (κ2) is 6.84. The summed E-state index contributed by atoms with van der Waals surface area (Å²) in [7, 11) is 0. The van der Waals surface area contributed by atoms with E-state index >= 15 is 0 Å². The Labute approximate surface area is 152 Å². The van der Waals surface area contributed by atoms with Gasteiger partial charge >= 0.3 is 0 Å². The zero-order valence-electron chi connectivity index (χ0n) is 15.0. The smallest absolute Gasteiger partial charge is 0.258 e. The molecule has 1 fully saturated rings. The third-order valence-electron chi connectivity index (χ3n) is 4.83. The van der Waals surface area contributed by atoms with Gasteiger partial charge in [-0.25, -0.2) is 9.97 Å². The summed E-state index contributed by atoms with van der Waals surface area (Å²) in [5, 5.41) is 10.8. The summed E-state index contributed by atoms with van der Waals surface area (Å²) in [6.07, 6.45) is 3.76. The van der Waals surface area contributed by atoms with E-state index in [0.29, 0.717) is 11.8 Å².